The molecule has 0 bridgehead atoms. The summed E-state index contributed by atoms with van der Waals surface area (Å²) >= 11 is 6.25. The van der Waals surface area contributed by atoms with Gasteiger partial charge >= 0.3 is 0 Å². The Morgan fingerprint density at radius 1 is 0.973 bits per heavy atom. The van der Waals surface area contributed by atoms with Crippen LogP contribution >= 0.6 is 11.6 Å². The number of hydrogen-bond donors (Lipinski definition) is 2. The number of pyridine rings is 1. The second-order valence-electron chi connectivity index (χ2n) is 8.71. The molecule has 2 N–H and O–H groups in total. The molecule has 3 heterocycles. The van der Waals surface area contributed by atoms with E-state index in [-0.39, 0.29) is 11.7 Å². The van der Waals surface area contributed by atoms with Crippen molar-refractivity contribution in [1.82, 2.24) is 20.1 Å². The van der Waals surface area contributed by atoms with Gasteiger partial charge in [0.25, 0.3) is 5.91 Å². The van der Waals surface area contributed by atoms with E-state index in [9.17, 15) is 9.90 Å². The van der Waals surface area contributed by atoms with Gasteiger partial charge in [0, 0.05) is 35.1 Å². The number of aromatic hydroxyl groups is 1. The Morgan fingerprint density at radius 3 is 2.62 bits per heavy atom. The zero-order chi connectivity index (χ0) is 25.4. The molecule has 1 aliphatic rings. The number of ether oxygens (including phenoxy) is 1. The second kappa shape index (κ2) is 9.44. The van der Waals surface area contributed by atoms with E-state index in [1.807, 2.05) is 66.7 Å². The van der Waals surface area contributed by atoms with E-state index in [0.717, 1.165) is 11.1 Å². The largest absolute Gasteiger partial charge is 0.507 e. The molecule has 37 heavy (non-hydrogen) atoms. The van der Waals surface area contributed by atoms with Crippen molar-refractivity contribution in [2.75, 3.05) is 0 Å². The minimum Gasteiger partial charge on any atom is -0.507 e. The van der Waals surface area contributed by atoms with Crippen LogP contribution in [0.3, 0.4) is 0 Å². The van der Waals surface area contributed by atoms with Crippen LogP contribution < -0.4 is 4.74 Å². The fourth-order valence-electron chi connectivity index (χ4n) is 4.67. The SMILES string of the molecule is O=C1c2[nH]nc(-c3cc(Cl)ccc3O)c2C(c2cccc(Oc3ccccc3)c2)N1Cc1cccnc1. The molecule has 8 heteroatoms. The van der Waals surface area contributed by atoms with Gasteiger partial charge in [-0.15, -0.1) is 0 Å². The van der Waals surface area contributed by atoms with Crippen LogP contribution in [0.25, 0.3) is 11.3 Å². The van der Waals surface area contributed by atoms with Gasteiger partial charge in [0.15, 0.2) is 0 Å². The molecule has 1 amide bonds. The molecule has 0 spiro atoms. The van der Waals surface area contributed by atoms with E-state index in [1.54, 1.807) is 29.4 Å². The number of carbonyl (C=O) groups is 1. The first kappa shape index (κ1) is 22.8. The van der Waals surface area contributed by atoms with Crippen LogP contribution in [0.15, 0.2) is 97.3 Å². The van der Waals surface area contributed by atoms with Gasteiger partial charge in [0.05, 0.1) is 6.04 Å². The van der Waals surface area contributed by atoms with Crippen molar-refractivity contribution in [2.24, 2.45) is 0 Å². The average Bonchev–Trinajstić information content (AvgIpc) is 3.46. The molecule has 0 radical (unpaired) electrons. The molecule has 1 aliphatic heterocycles. The number of phenols is 1. The lowest BCUT2D eigenvalue weighted by Gasteiger charge is -2.27. The van der Waals surface area contributed by atoms with E-state index in [0.29, 0.717) is 45.6 Å². The van der Waals surface area contributed by atoms with Crippen LogP contribution in [0.2, 0.25) is 5.02 Å². The molecule has 0 aliphatic carbocycles. The molecular weight excluding hydrogens is 488 g/mol. The highest BCUT2D eigenvalue weighted by molar-refractivity contribution is 6.31. The number of fused-ring (bicyclic) bond motifs is 1. The second-order valence-corrected chi connectivity index (χ2v) is 9.14. The van der Waals surface area contributed by atoms with Gasteiger partial charge in [-0.05, 0) is 59.7 Å². The first-order chi connectivity index (χ1) is 18.1. The van der Waals surface area contributed by atoms with Crippen molar-refractivity contribution in [1.29, 1.82) is 0 Å². The summed E-state index contributed by atoms with van der Waals surface area (Å²) in [4.78, 5) is 19.7. The maximum absolute atomic E-state index is 13.7. The Labute approximate surface area is 217 Å². The molecule has 1 atom stereocenters. The smallest absolute Gasteiger partial charge is 0.273 e. The highest BCUT2D eigenvalue weighted by Gasteiger charge is 2.42. The van der Waals surface area contributed by atoms with Crippen LogP contribution in [-0.4, -0.2) is 31.1 Å². The minimum absolute atomic E-state index is 0.0248. The predicted octanol–water partition coefficient (Wildman–Crippen LogP) is 6.37. The third kappa shape index (κ3) is 4.30. The molecule has 0 saturated carbocycles. The normalized spacial score (nSPS) is 14.6. The van der Waals surface area contributed by atoms with Gasteiger partial charge < -0.3 is 14.7 Å². The molecule has 5 aromatic rings. The number of phenolic OH excluding ortho intramolecular Hbond substituents is 1. The average molecular weight is 509 g/mol. The fourth-order valence-corrected chi connectivity index (χ4v) is 4.84. The third-order valence-electron chi connectivity index (χ3n) is 6.31. The number of halogens is 1. The van der Waals surface area contributed by atoms with Gasteiger partial charge in [-0.1, -0.05) is 48.0 Å². The Hall–Kier alpha value is -4.62. The van der Waals surface area contributed by atoms with Crippen molar-refractivity contribution < 1.29 is 14.6 Å². The Morgan fingerprint density at radius 2 is 1.81 bits per heavy atom. The zero-order valence-corrected chi connectivity index (χ0v) is 20.3. The summed E-state index contributed by atoms with van der Waals surface area (Å²) in [6.45, 7) is 0.338. The van der Waals surface area contributed by atoms with Crippen molar-refractivity contribution in [3.63, 3.8) is 0 Å². The number of hydrogen-bond acceptors (Lipinski definition) is 5. The molecule has 6 rings (SSSR count). The summed E-state index contributed by atoms with van der Waals surface area (Å²) in [5.74, 6) is 1.18. The maximum atomic E-state index is 13.7. The number of H-pyrrole nitrogens is 1. The summed E-state index contributed by atoms with van der Waals surface area (Å²) in [6.07, 6.45) is 3.44. The van der Waals surface area contributed by atoms with E-state index >= 15 is 0 Å². The standard InChI is InChI=1S/C29H21ClN4O3/c30-20-11-12-24(35)23(15-20)26-25-27(33-32-26)29(36)34(17-18-6-5-13-31-16-18)28(25)19-7-4-10-22(14-19)37-21-8-2-1-3-9-21/h1-16,28,35H,17H2,(H,32,33). The number of nitrogens with one attached hydrogen (secondary N) is 1. The topological polar surface area (TPSA) is 91.3 Å². The Kier molecular flexibility index (Phi) is 5.82. The quantitative estimate of drug-likeness (QED) is 0.278. The van der Waals surface area contributed by atoms with Crippen LogP contribution in [0.4, 0.5) is 0 Å². The van der Waals surface area contributed by atoms with E-state index in [1.165, 1.54) is 6.07 Å². The van der Waals surface area contributed by atoms with E-state index in [4.69, 9.17) is 16.3 Å². The van der Waals surface area contributed by atoms with E-state index < -0.39 is 6.04 Å². The summed E-state index contributed by atoms with van der Waals surface area (Å²) < 4.78 is 6.08. The first-order valence-electron chi connectivity index (χ1n) is 11.7. The number of para-hydroxylation sites is 1. The maximum Gasteiger partial charge on any atom is 0.273 e. The van der Waals surface area contributed by atoms with Gasteiger partial charge in [0.2, 0.25) is 0 Å². The summed E-state index contributed by atoms with van der Waals surface area (Å²) in [5, 5.41) is 18.4. The van der Waals surface area contributed by atoms with Crippen molar-refractivity contribution in [2.45, 2.75) is 12.6 Å². The molecule has 0 saturated heterocycles. The van der Waals surface area contributed by atoms with Gasteiger partial charge in [-0.2, -0.15) is 5.10 Å². The number of aromatic nitrogens is 3. The Bertz CT molecular complexity index is 1590. The van der Waals surface area contributed by atoms with Crippen molar-refractivity contribution >= 4 is 17.5 Å². The number of benzene rings is 3. The predicted molar refractivity (Wildman–Crippen MR) is 140 cm³/mol. The fraction of sp³-hybridized carbons (Fsp3) is 0.0690. The number of aromatic amines is 1. The van der Waals surface area contributed by atoms with Gasteiger partial charge in [0.1, 0.15) is 28.6 Å². The number of rotatable bonds is 6. The van der Waals surface area contributed by atoms with Gasteiger partial charge in [-0.3, -0.25) is 14.9 Å². The molecule has 182 valence electrons. The lowest BCUT2D eigenvalue weighted by Crippen LogP contribution is -2.29. The third-order valence-corrected chi connectivity index (χ3v) is 6.54. The highest BCUT2D eigenvalue weighted by Crippen LogP contribution is 2.46. The summed E-state index contributed by atoms with van der Waals surface area (Å²) in [6, 6.07) is 25.2. The van der Waals surface area contributed by atoms with Gasteiger partial charge in [-0.25, -0.2) is 0 Å². The molecule has 3 aromatic carbocycles. The number of carbonyl (C=O) groups excluding carboxylic acids is 1. The van der Waals surface area contributed by atoms with Crippen LogP contribution in [-0.2, 0) is 6.54 Å². The van der Waals surface area contributed by atoms with Crippen LogP contribution in [0, 0.1) is 0 Å². The van der Waals surface area contributed by atoms with Crippen molar-refractivity contribution in [3.8, 4) is 28.5 Å². The molecule has 0 fully saturated rings. The Balaban J connectivity index is 1.48. The summed E-state index contributed by atoms with van der Waals surface area (Å²) in [7, 11) is 0. The van der Waals surface area contributed by atoms with E-state index in [2.05, 4.69) is 15.2 Å². The van der Waals surface area contributed by atoms with Crippen molar-refractivity contribution in [3.05, 3.63) is 125 Å². The number of amides is 1. The monoisotopic (exact) mass is 508 g/mol. The lowest BCUT2D eigenvalue weighted by atomic mass is 9.95. The molecular formula is C29H21ClN4O3. The zero-order valence-electron chi connectivity index (χ0n) is 19.5. The molecule has 7 nitrogen and oxygen atoms in total. The summed E-state index contributed by atoms with van der Waals surface area (Å²) in [5.41, 5.74) is 3.69. The lowest BCUT2D eigenvalue weighted by molar-refractivity contribution is 0.0729. The minimum atomic E-state index is -0.492. The number of nitrogens with zero attached hydrogens (tertiary/aromatic N) is 3. The highest BCUT2D eigenvalue weighted by atomic mass is 35.5. The van der Waals surface area contributed by atoms with Crippen LogP contribution in [0.1, 0.15) is 33.2 Å². The van der Waals surface area contributed by atoms with Crippen LogP contribution in [0.5, 0.6) is 17.2 Å². The first-order valence-corrected chi connectivity index (χ1v) is 12.1. The molecule has 1 unspecified atom stereocenters. The molecule has 2 aromatic heterocycles.